The van der Waals surface area contributed by atoms with E-state index in [9.17, 15) is 4.79 Å². The number of methoxy groups -OCH3 is 1. The molecule has 1 heterocycles. The maximum Gasteiger partial charge on any atom is 0.328 e. The Bertz CT molecular complexity index is 898. The lowest BCUT2D eigenvalue weighted by Gasteiger charge is -2.43. The minimum atomic E-state index is -0.804. The average molecular weight is 439 g/mol. The number of hydrogen-bond acceptors (Lipinski definition) is 6. The highest BCUT2D eigenvalue weighted by molar-refractivity contribution is 5.83. The zero-order valence-corrected chi connectivity index (χ0v) is 19.1. The first-order valence-corrected chi connectivity index (χ1v) is 11.7. The molecule has 1 saturated heterocycles. The summed E-state index contributed by atoms with van der Waals surface area (Å²) in [6, 6.07) is 16.2. The predicted molar refractivity (Wildman–Crippen MR) is 126 cm³/mol. The predicted octanol–water partition coefficient (Wildman–Crippen LogP) is 3.97. The van der Waals surface area contributed by atoms with Crippen molar-refractivity contribution in [2.24, 2.45) is 0 Å². The van der Waals surface area contributed by atoms with Crippen LogP contribution in [0.15, 0.2) is 48.5 Å². The Kier molecular flexibility index (Phi) is 7.20. The summed E-state index contributed by atoms with van der Waals surface area (Å²) < 4.78 is 17.4. The summed E-state index contributed by atoms with van der Waals surface area (Å²) in [7, 11) is 1.67. The number of piperazine rings is 1. The third-order valence-electron chi connectivity index (χ3n) is 6.43. The van der Waals surface area contributed by atoms with E-state index in [4.69, 9.17) is 14.2 Å². The molecule has 2 aromatic carbocycles. The van der Waals surface area contributed by atoms with E-state index in [1.165, 1.54) is 12.8 Å². The number of hydrogen-bond donors (Lipinski definition) is 1. The van der Waals surface area contributed by atoms with Gasteiger partial charge in [0.15, 0.2) is 11.5 Å². The molecular weight excluding hydrogens is 404 g/mol. The van der Waals surface area contributed by atoms with E-state index in [-0.39, 0.29) is 12.1 Å². The van der Waals surface area contributed by atoms with Gasteiger partial charge >= 0.3 is 5.97 Å². The van der Waals surface area contributed by atoms with Crippen molar-refractivity contribution in [3.63, 3.8) is 0 Å². The van der Waals surface area contributed by atoms with Crippen LogP contribution in [0.3, 0.4) is 0 Å². The quantitative estimate of drug-likeness (QED) is 0.630. The van der Waals surface area contributed by atoms with Crippen molar-refractivity contribution < 1.29 is 19.0 Å². The summed E-state index contributed by atoms with van der Waals surface area (Å²) in [6.07, 6.45) is 5.43. The number of benzene rings is 2. The standard InChI is InChI=1S/C26H34N2O4/c1-3-31-25(29)26(18-20-9-5-4-6-10-20)19-28(16-15-27-26)21-13-14-23(30-2)24(17-21)32-22-11-7-8-12-22/h4-6,9-10,13-14,17,22,27H,3,7-8,11-12,15-16,18-19H2,1-2H3/t26-/m0/s1. The molecule has 0 unspecified atom stereocenters. The topological polar surface area (TPSA) is 60.0 Å². The Balaban J connectivity index is 1.59. The van der Waals surface area contributed by atoms with Gasteiger partial charge in [-0.05, 0) is 50.3 Å². The van der Waals surface area contributed by atoms with E-state index in [2.05, 4.69) is 28.4 Å². The smallest absolute Gasteiger partial charge is 0.328 e. The van der Waals surface area contributed by atoms with Crippen molar-refractivity contribution >= 4 is 11.7 Å². The van der Waals surface area contributed by atoms with Crippen LogP contribution in [0.2, 0.25) is 0 Å². The van der Waals surface area contributed by atoms with Crippen LogP contribution in [0.5, 0.6) is 11.5 Å². The SMILES string of the molecule is CCOC(=O)[C@]1(Cc2ccccc2)CN(c2ccc(OC)c(OC3CCCC3)c2)CCN1. The van der Waals surface area contributed by atoms with E-state index in [1.807, 2.05) is 37.3 Å². The van der Waals surface area contributed by atoms with E-state index < -0.39 is 5.54 Å². The fourth-order valence-electron chi connectivity index (χ4n) is 4.79. The molecule has 0 bridgehead atoms. The number of carbonyl (C=O) groups excluding carboxylic acids is 1. The number of rotatable bonds is 8. The second-order valence-corrected chi connectivity index (χ2v) is 8.67. The molecule has 1 atom stereocenters. The molecule has 1 aliphatic carbocycles. The molecule has 6 nitrogen and oxygen atoms in total. The minimum Gasteiger partial charge on any atom is -0.493 e. The molecular formula is C26H34N2O4. The average Bonchev–Trinajstić information content (AvgIpc) is 3.33. The molecule has 0 aromatic heterocycles. The first kappa shape index (κ1) is 22.5. The summed E-state index contributed by atoms with van der Waals surface area (Å²) in [5.41, 5.74) is 1.33. The van der Waals surface area contributed by atoms with Crippen molar-refractivity contribution in [2.45, 2.75) is 50.7 Å². The summed E-state index contributed by atoms with van der Waals surface area (Å²) >= 11 is 0. The van der Waals surface area contributed by atoms with E-state index in [1.54, 1.807) is 7.11 Å². The number of esters is 1. The fraction of sp³-hybridized carbons (Fsp3) is 0.500. The van der Waals surface area contributed by atoms with Crippen molar-refractivity contribution in [1.29, 1.82) is 0 Å². The summed E-state index contributed by atoms with van der Waals surface area (Å²) in [5.74, 6) is 1.32. The summed E-state index contributed by atoms with van der Waals surface area (Å²) in [6.45, 7) is 4.22. The Hall–Kier alpha value is -2.73. The van der Waals surface area contributed by atoms with Gasteiger partial charge in [0.2, 0.25) is 0 Å². The molecule has 1 N–H and O–H groups in total. The highest BCUT2D eigenvalue weighted by atomic mass is 16.5. The zero-order chi connectivity index (χ0) is 22.4. The van der Waals surface area contributed by atoms with Gasteiger partial charge in [0.1, 0.15) is 5.54 Å². The number of anilines is 1. The second kappa shape index (κ2) is 10.3. The van der Waals surface area contributed by atoms with Crippen LogP contribution in [0.1, 0.15) is 38.2 Å². The van der Waals surface area contributed by atoms with Crippen LogP contribution in [0.25, 0.3) is 0 Å². The lowest BCUT2D eigenvalue weighted by Crippen LogP contribution is -2.66. The van der Waals surface area contributed by atoms with Gasteiger partial charge in [-0.3, -0.25) is 5.32 Å². The van der Waals surface area contributed by atoms with Crippen LogP contribution in [-0.2, 0) is 16.0 Å². The highest BCUT2D eigenvalue weighted by Crippen LogP contribution is 2.36. The van der Waals surface area contributed by atoms with E-state index in [0.717, 1.165) is 42.1 Å². The molecule has 2 aliphatic rings. The van der Waals surface area contributed by atoms with Gasteiger partial charge in [-0.1, -0.05) is 30.3 Å². The number of ether oxygens (including phenoxy) is 3. The van der Waals surface area contributed by atoms with Gasteiger partial charge in [0, 0.05) is 37.8 Å². The zero-order valence-electron chi connectivity index (χ0n) is 19.1. The van der Waals surface area contributed by atoms with Gasteiger partial charge in [0.05, 0.1) is 19.8 Å². The Morgan fingerprint density at radius 3 is 2.62 bits per heavy atom. The van der Waals surface area contributed by atoms with Crippen molar-refractivity contribution in [3.05, 3.63) is 54.1 Å². The van der Waals surface area contributed by atoms with E-state index >= 15 is 0 Å². The van der Waals surface area contributed by atoms with Gasteiger partial charge in [-0.25, -0.2) is 4.79 Å². The highest BCUT2D eigenvalue weighted by Gasteiger charge is 2.44. The number of carbonyl (C=O) groups is 1. The number of nitrogens with one attached hydrogen (secondary N) is 1. The Labute approximate surface area is 190 Å². The molecule has 1 aliphatic heterocycles. The molecule has 4 rings (SSSR count). The molecule has 0 spiro atoms. The Morgan fingerprint density at radius 1 is 1.12 bits per heavy atom. The largest absolute Gasteiger partial charge is 0.493 e. The van der Waals surface area contributed by atoms with Crippen LogP contribution < -0.4 is 19.7 Å². The van der Waals surface area contributed by atoms with Gasteiger partial charge in [0.25, 0.3) is 0 Å². The van der Waals surface area contributed by atoms with Gasteiger partial charge < -0.3 is 19.1 Å². The number of nitrogens with zero attached hydrogens (tertiary/aromatic N) is 1. The second-order valence-electron chi connectivity index (χ2n) is 8.67. The van der Waals surface area contributed by atoms with Crippen LogP contribution in [0, 0.1) is 0 Å². The summed E-state index contributed by atoms with van der Waals surface area (Å²) in [4.78, 5) is 15.4. The maximum atomic E-state index is 13.1. The molecule has 2 aromatic rings. The first-order valence-electron chi connectivity index (χ1n) is 11.7. The maximum absolute atomic E-state index is 13.1. The monoisotopic (exact) mass is 438 g/mol. The molecule has 0 radical (unpaired) electrons. The fourth-order valence-corrected chi connectivity index (χ4v) is 4.79. The van der Waals surface area contributed by atoms with Crippen molar-refractivity contribution in [2.75, 3.05) is 38.3 Å². The molecule has 0 amide bonds. The van der Waals surface area contributed by atoms with Gasteiger partial charge in [-0.15, -0.1) is 0 Å². The minimum absolute atomic E-state index is 0.204. The normalized spacial score (nSPS) is 21.4. The molecule has 1 saturated carbocycles. The van der Waals surface area contributed by atoms with E-state index in [0.29, 0.717) is 26.1 Å². The summed E-state index contributed by atoms with van der Waals surface area (Å²) in [5, 5.41) is 3.49. The molecule has 32 heavy (non-hydrogen) atoms. The first-order chi connectivity index (χ1) is 15.6. The van der Waals surface area contributed by atoms with Crippen LogP contribution >= 0.6 is 0 Å². The third-order valence-corrected chi connectivity index (χ3v) is 6.43. The van der Waals surface area contributed by atoms with Crippen molar-refractivity contribution in [1.82, 2.24) is 5.32 Å². The van der Waals surface area contributed by atoms with Crippen molar-refractivity contribution in [3.8, 4) is 11.5 Å². The van der Waals surface area contributed by atoms with Gasteiger partial charge in [-0.2, -0.15) is 0 Å². The lowest BCUT2D eigenvalue weighted by molar-refractivity contribution is -0.151. The van der Waals surface area contributed by atoms with Crippen LogP contribution in [0.4, 0.5) is 5.69 Å². The Morgan fingerprint density at radius 2 is 1.91 bits per heavy atom. The van der Waals surface area contributed by atoms with Crippen LogP contribution in [-0.4, -0.2) is 51.0 Å². The molecule has 6 heteroatoms. The molecule has 172 valence electrons. The third kappa shape index (κ3) is 5.01. The lowest BCUT2D eigenvalue weighted by atomic mass is 9.88. The molecule has 2 fully saturated rings.